The molecule has 0 aliphatic carbocycles. The molecule has 0 bridgehead atoms. The Hall–Kier alpha value is -0.730. The van der Waals surface area contributed by atoms with Gasteiger partial charge in [-0.3, -0.25) is 0 Å². The highest BCUT2D eigenvalue weighted by molar-refractivity contribution is 6.42. The van der Waals surface area contributed by atoms with Crippen molar-refractivity contribution in [1.29, 1.82) is 0 Å². The molecule has 94 valence electrons. The summed E-state index contributed by atoms with van der Waals surface area (Å²) in [5.41, 5.74) is 8.09. The van der Waals surface area contributed by atoms with Crippen LogP contribution in [0.4, 0.5) is 0 Å². The van der Waals surface area contributed by atoms with Gasteiger partial charge in [-0.2, -0.15) is 0 Å². The van der Waals surface area contributed by atoms with Crippen LogP contribution in [0.25, 0.3) is 0 Å². The number of halogens is 3. The van der Waals surface area contributed by atoms with Gasteiger partial charge in [-0.15, -0.1) is 0 Å². The Bertz CT molecular complexity index is 554. The summed E-state index contributed by atoms with van der Waals surface area (Å²) in [5, 5.41) is 1.75. The van der Waals surface area contributed by atoms with Crippen molar-refractivity contribution in [3.05, 3.63) is 68.7 Å². The number of benzene rings is 2. The highest BCUT2D eigenvalue weighted by Crippen LogP contribution is 2.30. The third-order valence-electron chi connectivity index (χ3n) is 2.73. The molecule has 0 radical (unpaired) electrons. The lowest BCUT2D eigenvalue weighted by Gasteiger charge is -2.14. The van der Waals surface area contributed by atoms with Gasteiger partial charge in [0, 0.05) is 11.1 Å². The van der Waals surface area contributed by atoms with Gasteiger partial charge >= 0.3 is 0 Å². The first-order valence-electron chi connectivity index (χ1n) is 5.52. The standard InChI is InChI=1S/C14H12Cl3N/c15-10-4-1-3-9(7-10)8-13(18)11-5-2-6-12(16)14(11)17/h1-7,13H,8,18H2. The molecule has 2 N–H and O–H groups in total. The van der Waals surface area contributed by atoms with Crippen molar-refractivity contribution in [1.82, 2.24) is 0 Å². The summed E-state index contributed by atoms with van der Waals surface area (Å²) in [7, 11) is 0. The van der Waals surface area contributed by atoms with E-state index < -0.39 is 0 Å². The van der Waals surface area contributed by atoms with Gasteiger partial charge in [-0.25, -0.2) is 0 Å². The average molecular weight is 301 g/mol. The third-order valence-corrected chi connectivity index (χ3v) is 3.79. The zero-order chi connectivity index (χ0) is 13.1. The van der Waals surface area contributed by atoms with E-state index in [0.717, 1.165) is 11.1 Å². The molecule has 0 heterocycles. The second kappa shape index (κ2) is 5.94. The molecule has 0 aliphatic rings. The fourth-order valence-corrected chi connectivity index (χ4v) is 2.50. The lowest BCUT2D eigenvalue weighted by atomic mass is 10.00. The Morgan fingerprint density at radius 1 is 1.00 bits per heavy atom. The van der Waals surface area contributed by atoms with Gasteiger partial charge in [-0.05, 0) is 35.7 Å². The summed E-state index contributed by atoms with van der Waals surface area (Å²) >= 11 is 18.1. The molecule has 0 aromatic heterocycles. The predicted octanol–water partition coefficient (Wildman–Crippen LogP) is 4.89. The number of nitrogens with two attached hydrogens (primary N) is 1. The van der Waals surface area contributed by atoms with Crippen molar-refractivity contribution in [2.75, 3.05) is 0 Å². The van der Waals surface area contributed by atoms with Crippen molar-refractivity contribution in [2.24, 2.45) is 5.73 Å². The lowest BCUT2D eigenvalue weighted by molar-refractivity contribution is 0.722. The van der Waals surface area contributed by atoms with Crippen molar-refractivity contribution < 1.29 is 0 Å². The normalized spacial score (nSPS) is 12.4. The zero-order valence-corrected chi connectivity index (χ0v) is 11.8. The molecular weight excluding hydrogens is 289 g/mol. The Labute approximate surface area is 121 Å². The molecule has 1 unspecified atom stereocenters. The van der Waals surface area contributed by atoms with E-state index in [0.29, 0.717) is 21.5 Å². The van der Waals surface area contributed by atoms with Crippen LogP contribution in [0.15, 0.2) is 42.5 Å². The Kier molecular flexibility index (Phi) is 4.52. The molecule has 2 rings (SSSR count). The van der Waals surface area contributed by atoms with Crippen LogP contribution in [0.5, 0.6) is 0 Å². The van der Waals surface area contributed by atoms with Gasteiger partial charge in [0.2, 0.25) is 0 Å². The first-order valence-corrected chi connectivity index (χ1v) is 6.65. The van der Waals surface area contributed by atoms with Gasteiger partial charge in [0.25, 0.3) is 0 Å². The Morgan fingerprint density at radius 3 is 2.44 bits per heavy atom. The molecule has 1 atom stereocenters. The van der Waals surface area contributed by atoms with E-state index in [2.05, 4.69) is 0 Å². The van der Waals surface area contributed by atoms with E-state index in [1.54, 1.807) is 6.07 Å². The first kappa shape index (κ1) is 13.7. The number of hydrogen-bond acceptors (Lipinski definition) is 1. The summed E-state index contributed by atoms with van der Waals surface area (Å²) in [6.07, 6.45) is 0.667. The molecule has 2 aromatic carbocycles. The highest BCUT2D eigenvalue weighted by atomic mass is 35.5. The van der Waals surface area contributed by atoms with Gasteiger partial charge < -0.3 is 5.73 Å². The van der Waals surface area contributed by atoms with Gasteiger partial charge in [0.05, 0.1) is 10.0 Å². The monoisotopic (exact) mass is 299 g/mol. The van der Waals surface area contributed by atoms with Crippen molar-refractivity contribution in [3.8, 4) is 0 Å². The quantitative estimate of drug-likeness (QED) is 0.858. The summed E-state index contributed by atoms with van der Waals surface area (Å²) in [6, 6.07) is 12.9. The maximum atomic E-state index is 6.16. The van der Waals surface area contributed by atoms with E-state index in [9.17, 15) is 0 Å². The minimum atomic E-state index is -0.199. The molecule has 0 saturated carbocycles. The van der Waals surface area contributed by atoms with Crippen LogP contribution in [0.1, 0.15) is 17.2 Å². The maximum absolute atomic E-state index is 6.16. The van der Waals surface area contributed by atoms with Gasteiger partial charge in [-0.1, -0.05) is 59.1 Å². The zero-order valence-electron chi connectivity index (χ0n) is 9.54. The molecule has 2 aromatic rings. The Morgan fingerprint density at radius 2 is 1.72 bits per heavy atom. The Balaban J connectivity index is 2.22. The highest BCUT2D eigenvalue weighted by Gasteiger charge is 2.13. The minimum Gasteiger partial charge on any atom is -0.324 e. The maximum Gasteiger partial charge on any atom is 0.0640 e. The third kappa shape index (κ3) is 3.18. The topological polar surface area (TPSA) is 26.0 Å². The van der Waals surface area contributed by atoms with E-state index >= 15 is 0 Å². The minimum absolute atomic E-state index is 0.199. The van der Waals surface area contributed by atoms with Gasteiger partial charge in [0.1, 0.15) is 0 Å². The molecule has 0 amide bonds. The number of hydrogen-bond donors (Lipinski definition) is 1. The van der Waals surface area contributed by atoms with Crippen LogP contribution in [0.2, 0.25) is 15.1 Å². The second-order valence-electron chi connectivity index (χ2n) is 4.08. The molecule has 0 saturated heterocycles. The summed E-state index contributed by atoms with van der Waals surface area (Å²) in [6.45, 7) is 0. The van der Waals surface area contributed by atoms with Gasteiger partial charge in [0.15, 0.2) is 0 Å². The number of rotatable bonds is 3. The van der Waals surface area contributed by atoms with E-state index in [1.165, 1.54) is 0 Å². The molecule has 0 aliphatic heterocycles. The second-order valence-corrected chi connectivity index (χ2v) is 5.31. The van der Waals surface area contributed by atoms with Crippen LogP contribution in [0, 0.1) is 0 Å². The smallest absolute Gasteiger partial charge is 0.0640 e. The summed E-state index contributed by atoms with van der Waals surface area (Å²) in [5.74, 6) is 0. The molecule has 0 spiro atoms. The average Bonchev–Trinajstić information content (AvgIpc) is 2.32. The predicted molar refractivity (Wildman–Crippen MR) is 78.5 cm³/mol. The van der Waals surface area contributed by atoms with Crippen molar-refractivity contribution in [3.63, 3.8) is 0 Å². The fourth-order valence-electron chi connectivity index (χ4n) is 1.83. The molecular formula is C14H12Cl3N. The van der Waals surface area contributed by atoms with Crippen LogP contribution in [-0.4, -0.2) is 0 Å². The van der Waals surface area contributed by atoms with Crippen molar-refractivity contribution in [2.45, 2.75) is 12.5 Å². The molecule has 0 fully saturated rings. The van der Waals surface area contributed by atoms with Crippen LogP contribution < -0.4 is 5.73 Å². The summed E-state index contributed by atoms with van der Waals surface area (Å²) < 4.78 is 0. The van der Waals surface area contributed by atoms with E-state index in [4.69, 9.17) is 40.5 Å². The molecule has 1 nitrogen and oxygen atoms in total. The lowest BCUT2D eigenvalue weighted by Crippen LogP contribution is -2.13. The molecule has 18 heavy (non-hydrogen) atoms. The molecule has 4 heteroatoms. The first-order chi connectivity index (χ1) is 8.58. The van der Waals surface area contributed by atoms with Crippen LogP contribution in [-0.2, 0) is 6.42 Å². The van der Waals surface area contributed by atoms with E-state index in [-0.39, 0.29) is 6.04 Å². The van der Waals surface area contributed by atoms with Crippen LogP contribution >= 0.6 is 34.8 Å². The SMILES string of the molecule is NC(Cc1cccc(Cl)c1)c1cccc(Cl)c1Cl. The largest absolute Gasteiger partial charge is 0.324 e. The van der Waals surface area contributed by atoms with Crippen molar-refractivity contribution >= 4 is 34.8 Å². The van der Waals surface area contributed by atoms with E-state index in [1.807, 2.05) is 36.4 Å². The fraction of sp³-hybridized carbons (Fsp3) is 0.143. The summed E-state index contributed by atoms with van der Waals surface area (Å²) in [4.78, 5) is 0. The van der Waals surface area contributed by atoms with Crippen LogP contribution in [0.3, 0.4) is 0 Å².